The average Bonchev–Trinajstić information content (AvgIpc) is 2.81. The molecule has 0 radical (unpaired) electrons. The van der Waals surface area contributed by atoms with Gasteiger partial charge in [-0.1, -0.05) is 18.2 Å². The third kappa shape index (κ3) is 3.14. The molecule has 1 atom stereocenters. The second-order valence-corrected chi connectivity index (χ2v) is 3.56. The fourth-order valence-corrected chi connectivity index (χ4v) is 1.43. The highest BCUT2D eigenvalue weighted by Gasteiger charge is 2.08. The van der Waals surface area contributed by atoms with Crippen LogP contribution in [0.5, 0.6) is 5.75 Å². The highest BCUT2D eigenvalue weighted by molar-refractivity contribution is 5.20. The number of aliphatic hydroxyl groups excluding tert-OH is 1. The average molecular weight is 218 g/mol. The van der Waals surface area contributed by atoms with Gasteiger partial charge in [-0.05, 0) is 24.3 Å². The molecule has 3 nitrogen and oxygen atoms in total. The van der Waals surface area contributed by atoms with Crippen molar-refractivity contribution in [2.24, 2.45) is 0 Å². The Bertz CT molecular complexity index is 394. The van der Waals surface area contributed by atoms with Crippen LogP contribution in [0.3, 0.4) is 0 Å². The van der Waals surface area contributed by atoms with E-state index in [-0.39, 0.29) is 6.61 Å². The van der Waals surface area contributed by atoms with E-state index in [9.17, 15) is 5.11 Å². The van der Waals surface area contributed by atoms with Gasteiger partial charge in [-0.15, -0.1) is 0 Å². The predicted molar refractivity (Wildman–Crippen MR) is 60.4 cm³/mol. The van der Waals surface area contributed by atoms with E-state index in [1.54, 1.807) is 12.3 Å². The highest BCUT2D eigenvalue weighted by atomic mass is 16.5. The van der Waals surface area contributed by atoms with Crippen LogP contribution in [-0.2, 0) is 6.42 Å². The molecule has 0 amide bonds. The molecule has 2 aromatic rings. The number of hydrogen-bond donors (Lipinski definition) is 1. The Morgan fingerprint density at radius 3 is 2.62 bits per heavy atom. The molecule has 1 aromatic carbocycles. The van der Waals surface area contributed by atoms with Gasteiger partial charge in [0, 0.05) is 6.42 Å². The first-order valence-corrected chi connectivity index (χ1v) is 5.23. The van der Waals surface area contributed by atoms with E-state index < -0.39 is 6.10 Å². The maximum absolute atomic E-state index is 9.70. The zero-order valence-corrected chi connectivity index (χ0v) is 8.87. The van der Waals surface area contributed by atoms with Crippen LogP contribution < -0.4 is 4.74 Å². The van der Waals surface area contributed by atoms with Crippen molar-refractivity contribution in [2.75, 3.05) is 6.61 Å². The van der Waals surface area contributed by atoms with Gasteiger partial charge < -0.3 is 14.3 Å². The Kier molecular flexibility index (Phi) is 3.62. The first-order valence-electron chi connectivity index (χ1n) is 5.23. The largest absolute Gasteiger partial charge is 0.491 e. The summed E-state index contributed by atoms with van der Waals surface area (Å²) in [6.45, 7) is 0.269. The molecule has 0 bridgehead atoms. The van der Waals surface area contributed by atoms with Gasteiger partial charge in [0.1, 0.15) is 18.1 Å². The normalized spacial score (nSPS) is 12.3. The van der Waals surface area contributed by atoms with Crippen molar-refractivity contribution < 1.29 is 14.3 Å². The van der Waals surface area contributed by atoms with Crippen LogP contribution in [0.1, 0.15) is 5.76 Å². The molecular weight excluding hydrogens is 204 g/mol. The Balaban J connectivity index is 1.78. The van der Waals surface area contributed by atoms with Gasteiger partial charge in [0.2, 0.25) is 0 Å². The molecule has 0 aliphatic rings. The summed E-state index contributed by atoms with van der Waals surface area (Å²) >= 11 is 0. The minimum atomic E-state index is -0.550. The number of furan rings is 1. The van der Waals surface area contributed by atoms with Crippen molar-refractivity contribution in [2.45, 2.75) is 12.5 Å². The number of aliphatic hydroxyl groups is 1. The summed E-state index contributed by atoms with van der Waals surface area (Å²) in [7, 11) is 0. The molecule has 16 heavy (non-hydrogen) atoms. The number of hydrogen-bond acceptors (Lipinski definition) is 3. The molecule has 84 valence electrons. The van der Waals surface area contributed by atoms with Gasteiger partial charge in [-0.2, -0.15) is 0 Å². The van der Waals surface area contributed by atoms with E-state index >= 15 is 0 Å². The molecule has 0 aliphatic heterocycles. The van der Waals surface area contributed by atoms with Crippen molar-refractivity contribution in [3.63, 3.8) is 0 Å². The van der Waals surface area contributed by atoms with E-state index in [0.717, 1.165) is 11.5 Å². The molecule has 1 N–H and O–H groups in total. The van der Waals surface area contributed by atoms with Crippen LogP contribution >= 0.6 is 0 Å². The number of para-hydroxylation sites is 1. The minimum absolute atomic E-state index is 0.269. The second kappa shape index (κ2) is 5.37. The van der Waals surface area contributed by atoms with Gasteiger partial charge in [0.05, 0.1) is 12.4 Å². The van der Waals surface area contributed by atoms with Crippen LogP contribution in [0.2, 0.25) is 0 Å². The van der Waals surface area contributed by atoms with Crippen molar-refractivity contribution in [1.82, 2.24) is 0 Å². The Labute approximate surface area is 94.3 Å². The lowest BCUT2D eigenvalue weighted by atomic mass is 10.2. The molecule has 3 heteroatoms. The lowest BCUT2D eigenvalue weighted by molar-refractivity contribution is 0.103. The monoisotopic (exact) mass is 218 g/mol. The maximum Gasteiger partial charge on any atom is 0.119 e. The van der Waals surface area contributed by atoms with Crippen LogP contribution in [0, 0.1) is 0 Å². The van der Waals surface area contributed by atoms with E-state index in [2.05, 4.69) is 0 Å². The quantitative estimate of drug-likeness (QED) is 0.837. The first-order chi connectivity index (χ1) is 7.84. The molecule has 1 aromatic heterocycles. The molecule has 0 saturated heterocycles. The molecule has 0 aliphatic carbocycles. The number of ether oxygens (including phenoxy) is 1. The summed E-state index contributed by atoms with van der Waals surface area (Å²) < 4.78 is 10.6. The summed E-state index contributed by atoms with van der Waals surface area (Å²) in [6.07, 6.45) is 1.52. The van der Waals surface area contributed by atoms with Gasteiger partial charge in [0.15, 0.2) is 0 Å². The smallest absolute Gasteiger partial charge is 0.119 e. The van der Waals surface area contributed by atoms with Gasteiger partial charge in [-0.3, -0.25) is 0 Å². The topological polar surface area (TPSA) is 42.6 Å². The summed E-state index contributed by atoms with van der Waals surface area (Å²) in [4.78, 5) is 0. The minimum Gasteiger partial charge on any atom is -0.491 e. The van der Waals surface area contributed by atoms with E-state index in [1.165, 1.54) is 0 Å². The van der Waals surface area contributed by atoms with E-state index in [1.807, 2.05) is 36.4 Å². The van der Waals surface area contributed by atoms with Crippen molar-refractivity contribution in [3.05, 3.63) is 54.5 Å². The van der Waals surface area contributed by atoms with Gasteiger partial charge in [0.25, 0.3) is 0 Å². The summed E-state index contributed by atoms with van der Waals surface area (Å²) in [5.74, 6) is 1.53. The fourth-order valence-electron chi connectivity index (χ4n) is 1.43. The maximum atomic E-state index is 9.70. The fraction of sp³-hybridized carbons (Fsp3) is 0.231. The van der Waals surface area contributed by atoms with Crippen LogP contribution in [0.25, 0.3) is 0 Å². The zero-order chi connectivity index (χ0) is 11.2. The lowest BCUT2D eigenvalue weighted by Gasteiger charge is -2.10. The van der Waals surface area contributed by atoms with Crippen LogP contribution in [0.15, 0.2) is 53.1 Å². The van der Waals surface area contributed by atoms with Crippen molar-refractivity contribution >= 4 is 0 Å². The van der Waals surface area contributed by atoms with Crippen LogP contribution in [0.4, 0.5) is 0 Å². The summed E-state index contributed by atoms with van der Waals surface area (Å²) in [6, 6.07) is 13.1. The Morgan fingerprint density at radius 1 is 1.12 bits per heavy atom. The third-order valence-corrected chi connectivity index (χ3v) is 2.20. The number of benzene rings is 1. The molecule has 1 unspecified atom stereocenters. The predicted octanol–water partition coefficient (Wildman–Crippen LogP) is 2.26. The lowest BCUT2D eigenvalue weighted by Crippen LogP contribution is -2.19. The Hall–Kier alpha value is -1.74. The highest BCUT2D eigenvalue weighted by Crippen LogP contribution is 2.10. The van der Waals surface area contributed by atoms with Crippen molar-refractivity contribution in [1.29, 1.82) is 0 Å². The zero-order valence-electron chi connectivity index (χ0n) is 8.87. The molecule has 0 fully saturated rings. The summed E-state index contributed by atoms with van der Waals surface area (Å²) in [5, 5.41) is 9.70. The van der Waals surface area contributed by atoms with Crippen LogP contribution in [-0.4, -0.2) is 17.8 Å². The van der Waals surface area contributed by atoms with Gasteiger partial charge >= 0.3 is 0 Å². The third-order valence-electron chi connectivity index (χ3n) is 2.20. The molecule has 0 spiro atoms. The standard InChI is InChI=1S/C13H14O3/c14-11(9-13-7-4-8-15-13)10-16-12-5-2-1-3-6-12/h1-8,11,14H,9-10H2. The molecular formula is C13H14O3. The Morgan fingerprint density at radius 2 is 1.94 bits per heavy atom. The first kappa shape index (κ1) is 10.8. The molecule has 0 saturated carbocycles. The van der Waals surface area contributed by atoms with Gasteiger partial charge in [-0.25, -0.2) is 0 Å². The summed E-state index contributed by atoms with van der Waals surface area (Å²) in [5.41, 5.74) is 0. The molecule has 2 rings (SSSR count). The molecule has 1 heterocycles. The van der Waals surface area contributed by atoms with E-state index in [0.29, 0.717) is 6.42 Å². The van der Waals surface area contributed by atoms with E-state index in [4.69, 9.17) is 9.15 Å². The SMILES string of the molecule is OC(COc1ccccc1)Cc1ccco1. The second-order valence-electron chi connectivity index (χ2n) is 3.56. The number of rotatable bonds is 5. The van der Waals surface area contributed by atoms with Crippen molar-refractivity contribution in [3.8, 4) is 5.75 Å².